The monoisotopic (exact) mass is 443 g/mol. The molecule has 0 bridgehead atoms. The van der Waals surface area contributed by atoms with Crippen LogP contribution < -0.4 is 0 Å². The van der Waals surface area contributed by atoms with E-state index in [0.29, 0.717) is 44.2 Å². The number of aryl methyl sites for hydroxylation is 1. The van der Waals surface area contributed by atoms with Gasteiger partial charge >= 0.3 is 0 Å². The molecule has 5 rings (SSSR count). The zero-order chi connectivity index (χ0) is 22.8. The highest BCUT2D eigenvalue weighted by molar-refractivity contribution is 5.99. The van der Waals surface area contributed by atoms with Crippen molar-refractivity contribution in [2.24, 2.45) is 0 Å². The van der Waals surface area contributed by atoms with Gasteiger partial charge in [0.2, 0.25) is 5.95 Å². The van der Waals surface area contributed by atoms with Gasteiger partial charge in [0.1, 0.15) is 0 Å². The number of benzene rings is 1. The Morgan fingerprint density at radius 3 is 2.61 bits per heavy atom. The van der Waals surface area contributed by atoms with Crippen molar-refractivity contribution in [3.8, 4) is 17.2 Å². The van der Waals surface area contributed by atoms with Crippen LogP contribution in [0.5, 0.6) is 0 Å². The summed E-state index contributed by atoms with van der Waals surface area (Å²) >= 11 is 0. The predicted octanol–water partition coefficient (Wildman–Crippen LogP) is 2.80. The van der Waals surface area contributed by atoms with Crippen LogP contribution in [0.3, 0.4) is 0 Å². The molecule has 4 heterocycles. The van der Waals surface area contributed by atoms with Crippen LogP contribution in [0.1, 0.15) is 21.5 Å². The zero-order valence-corrected chi connectivity index (χ0v) is 18.4. The van der Waals surface area contributed by atoms with Crippen LogP contribution in [-0.4, -0.2) is 68.3 Å². The fraction of sp³-hybridized carbons (Fsp3) is 0.280. The van der Waals surface area contributed by atoms with E-state index in [0.717, 1.165) is 33.3 Å². The molecule has 0 saturated carbocycles. The van der Waals surface area contributed by atoms with Crippen LogP contribution in [0, 0.1) is 6.92 Å². The molecule has 0 spiro atoms. The number of fused-ring (bicyclic) bond motifs is 1. The first-order valence-corrected chi connectivity index (χ1v) is 11.0. The van der Waals surface area contributed by atoms with E-state index in [-0.39, 0.29) is 12.5 Å². The van der Waals surface area contributed by atoms with Gasteiger partial charge in [0.05, 0.1) is 24.4 Å². The first-order chi connectivity index (χ1) is 16.1. The van der Waals surface area contributed by atoms with E-state index < -0.39 is 0 Å². The molecule has 0 unspecified atom stereocenters. The van der Waals surface area contributed by atoms with Crippen molar-refractivity contribution in [1.82, 2.24) is 24.4 Å². The van der Waals surface area contributed by atoms with Gasteiger partial charge in [-0.05, 0) is 48.7 Å². The molecular weight excluding hydrogens is 418 g/mol. The van der Waals surface area contributed by atoms with Gasteiger partial charge in [-0.3, -0.25) is 14.3 Å². The first-order valence-electron chi connectivity index (χ1n) is 11.0. The van der Waals surface area contributed by atoms with Crippen molar-refractivity contribution in [3.05, 3.63) is 71.8 Å². The van der Waals surface area contributed by atoms with Crippen molar-refractivity contribution in [1.29, 1.82) is 0 Å². The van der Waals surface area contributed by atoms with Gasteiger partial charge in [-0.1, -0.05) is 6.07 Å². The lowest BCUT2D eigenvalue weighted by molar-refractivity contribution is 0.0303. The molecule has 0 radical (unpaired) electrons. The van der Waals surface area contributed by atoms with E-state index in [4.69, 9.17) is 4.74 Å². The Labute approximate surface area is 191 Å². The maximum Gasteiger partial charge on any atom is 0.254 e. The number of carbonyl (C=O) groups excluding carboxylic acids is 1. The van der Waals surface area contributed by atoms with Crippen molar-refractivity contribution in [3.63, 3.8) is 0 Å². The Kier molecular flexibility index (Phi) is 5.85. The van der Waals surface area contributed by atoms with Crippen LogP contribution in [0.2, 0.25) is 0 Å². The summed E-state index contributed by atoms with van der Waals surface area (Å²) in [5.41, 5.74) is 5.19. The number of pyridine rings is 1. The molecule has 0 aliphatic carbocycles. The largest absolute Gasteiger partial charge is 0.396 e. The fourth-order valence-electron chi connectivity index (χ4n) is 4.14. The standard InChI is InChI=1S/C25H25N5O3/c1-17-4-6-26-22(12-17)20-14-27-25(28-15-20)30-16-19(5-9-31)21-3-2-18(13-23(21)30)24(32)29-7-10-33-11-8-29/h2-4,6,12-16,31H,5,7-11H2,1H3. The summed E-state index contributed by atoms with van der Waals surface area (Å²) in [6.07, 6.45) is 7.72. The Morgan fingerprint density at radius 2 is 1.88 bits per heavy atom. The average molecular weight is 444 g/mol. The number of aliphatic hydroxyl groups is 1. The molecule has 1 N–H and O–H groups in total. The highest BCUT2D eigenvalue weighted by Crippen LogP contribution is 2.27. The molecule has 1 aromatic carbocycles. The number of nitrogens with zero attached hydrogens (tertiary/aromatic N) is 5. The number of rotatable bonds is 5. The molecule has 33 heavy (non-hydrogen) atoms. The molecule has 168 valence electrons. The number of morpholine rings is 1. The Bertz CT molecular complexity index is 1290. The van der Waals surface area contributed by atoms with E-state index in [1.54, 1.807) is 18.6 Å². The van der Waals surface area contributed by atoms with Gasteiger partial charge in [-0.2, -0.15) is 0 Å². The van der Waals surface area contributed by atoms with Crippen LogP contribution in [-0.2, 0) is 11.2 Å². The van der Waals surface area contributed by atoms with E-state index in [1.165, 1.54) is 0 Å². The lowest BCUT2D eigenvalue weighted by atomic mass is 10.1. The number of aliphatic hydroxyl groups excluding tert-OH is 1. The van der Waals surface area contributed by atoms with Gasteiger partial charge < -0.3 is 14.7 Å². The highest BCUT2D eigenvalue weighted by atomic mass is 16.5. The third kappa shape index (κ3) is 4.22. The minimum atomic E-state index is -0.0153. The SMILES string of the molecule is Cc1ccnc(-c2cnc(-n3cc(CCO)c4ccc(C(=O)N5CCOCC5)cc43)nc2)c1. The quantitative estimate of drug-likeness (QED) is 0.510. The van der Waals surface area contributed by atoms with Gasteiger partial charge in [0.25, 0.3) is 5.91 Å². The number of ether oxygens (including phenoxy) is 1. The second-order valence-corrected chi connectivity index (χ2v) is 8.12. The fourth-order valence-corrected chi connectivity index (χ4v) is 4.14. The van der Waals surface area contributed by atoms with Gasteiger partial charge in [-0.25, -0.2) is 9.97 Å². The normalized spacial score (nSPS) is 14.1. The van der Waals surface area contributed by atoms with E-state index in [2.05, 4.69) is 15.0 Å². The molecule has 1 aliphatic rings. The van der Waals surface area contributed by atoms with Gasteiger partial charge in [-0.15, -0.1) is 0 Å². The minimum absolute atomic E-state index is 0.0153. The van der Waals surface area contributed by atoms with Crippen LogP contribution in [0.25, 0.3) is 28.1 Å². The number of hydrogen-bond acceptors (Lipinski definition) is 6. The van der Waals surface area contributed by atoms with E-state index >= 15 is 0 Å². The number of carbonyl (C=O) groups is 1. The summed E-state index contributed by atoms with van der Waals surface area (Å²) < 4.78 is 7.25. The summed E-state index contributed by atoms with van der Waals surface area (Å²) in [6, 6.07) is 9.61. The van der Waals surface area contributed by atoms with E-state index in [9.17, 15) is 9.90 Å². The topological polar surface area (TPSA) is 93.4 Å². The van der Waals surface area contributed by atoms with E-state index in [1.807, 2.05) is 52.9 Å². The number of hydrogen-bond donors (Lipinski definition) is 1. The summed E-state index contributed by atoms with van der Waals surface area (Å²) in [4.78, 5) is 28.4. The lowest BCUT2D eigenvalue weighted by Gasteiger charge is -2.26. The van der Waals surface area contributed by atoms with Crippen molar-refractivity contribution in [2.45, 2.75) is 13.3 Å². The molecule has 8 nitrogen and oxygen atoms in total. The third-order valence-corrected chi connectivity index (χ3v) is 5.88. The Balaban J connectivity index is 1.54. The molecule has 0 atom stereocenters. The van der Waals surface area contributed by atoms with Gasteiger partial charge in [0.15, 0.2) is 0 Å². The van der Waals surface area contributed by atoms with Crippen molar-refractivity contribution < 1.29 is 14.6 Å². The molecule has 8 heteroatoms. The summed E-state index contributed by atoms with van der Waals surface area (Å²) in [5.74, 6) is 0.481. The first kappa shape index (κ1) is 21.2. The summed E-state index contributed by atoms with van der Waals surface area (Å²) in [7, 11) is 0. The summed E-state index contributed by atoms with van der Waals surface area (Å²) in [5, 5.41) is 10.5. The minimum Gasteiger partial charge on any atom is -0.396 e. The summed E-state index contributed by atoms with van der Waals surface area (Å²) in [6.45, 7) is 4.34. The molecule has 1 aliphatic heterocycles. The second kappa shape index (κ2) is 9.09. The number of amides is 1. The Morgan fingerprint density at radius 1 is 1.09 bits per heavy atom. The maximum atomic E-state index is 13.0. The lowest BCUT2D eigenvalue weighted by Crippen LogP contribution is -2.40. The molecule has 4 aromatic rings. The zero-order valence-electron chi connectivity index (χ0n) is 18.4. The Hall–Kier alpha value is -3.62. The van der Waals surface area contributed by atoms with Crippen LogP contribution in [0.4, 0.5) is 0 Å². The van der Waals surface area contributed by atoms with Crippen molar-refractivity contribution >= 4 is 16.8 Å². The van der Waals surface area contributed by atoms with Crippen LogP contribution in [0.15, 0.2) is 55.1 Å². The molecule has 3 aromatic heterocycles. The smallest absolute Gasteiger partial charge is 0.254 e. The predicted molar refractivity (Wildman–Crippen MR) is 124 cm³/mol. The average Bonchev–Trinajstić information content (AvgIpc) is 3.22. The number of aromatic nitrogens is 4. The molecular formula is C25H25N5O3. The van der Waals surface area contributed by atoms with Gasteiger partial charge in [0, 0.05) is 61.0 Å². The molecule has 1 fully saturated rings. The molecule has 1 amide bonds. The molecule has 1 saturated heterocycles. The van der Waals surface area contributed by atoms with Crippen molar-refractivity contribution in [2.75, 3.05) is 32.9 Å². The van der Waals surface area contributed by atoms with Crippen LogP contribution >= 0.6 is 0 Å². The second-order valence-electron chi connectivity index (χ2n) is 8.12. The third-order valence-electron chi connectivity index (χ3n) is 5.88. The maximum absolute atomic E-state index is 13.0. The highest BCUT2D eigenvalue weighted by Gasteiger charge is 2.20.